The van der Waals surface area contributed by atoms with E-state index in [2.05, 4.69) is 21.2 Å². The molecule has 1 aliphatic heterocycles. The van der Waals surface area contributed by atoms with Crippen LogP contribution in [0.25, 0.3) is 0 Å². The topological polar surface area (TPSA) is 49.4 Å². The molecule has 4 nitrogen and oxygen atoms in total. The Morgan fingerprint density at radius 3 is 2.62 bits per heavy atom. The lowest BCUT2D eigenvalue weighted by Crippen LogP contribution is -2.28. The minimum absolute atomic E-state index is 0.0304. The molecule has 1 heterocycles. The number of hydrogen-bond donors (Lipinski definition) is 1. The lowest BCUT2D eigenvalue weighted by atomic mass is 10.1. The zero-order chi connectivity index (χ0) is 17.1. The molecule has 0 bridgehead atoms. The van der Waals surface area contributed by atoms with Crippen LogP contribution in [-0.4, -0.2) is 23.3 Å². The molecule has 1 N–H and O–H groups in total. The van der Waals surface area contributed by atoms with Crippen molar-refractivity contribution >= 4 is 33.4 Å². The van der Waals surface area contributed by atoms with E-state index in [1.807, 2.05) is 55.5 Å². The summed E-state index contributed by atoms with van der Waals surface area (Å²) in [6.45, 7) is 3.05. The molecular formula is C19H19BrN2O2. The fraction of sp³-hybridized carbons (Fsp3) is 0.263. The monoisotopic (exact) mass is 386 g/mol. The van der Waals surface area contributed by atoms with Crippen LogP contribution >= 0.6 is 15.9 Å². The van der Waals surface area contributed by atoms with E-state index < -0.39 is 0 Å². The van der Waals surface area contributed by atoms with Gasteiger partial charge in [0.15, 0.2) is 0 Å². The lowest BCUT2D eigenvalue weighted by molar-refractivity contribution is -0.128. The molecule has 1 fully saturated rings. The molecule has 124 valence electrons. The number of carbonyl (C=O) groups is 2. The highest BCUT2D eigenvalue weighted by molar-refractivity contribution is 9.10. The smallest absolute Gasteiger partial charge is 0.229 e. The Kier molecular flexibility index (Phi) is 5.00. The highest BCUT2D eigenvalue weighted by Gasteiger charge is 2.34. The van der Waals surface area contributed by atoms with Crippen molar-refractivity contribution in [1.29, 1.82) is 0 Å². The molecule has 2 amide bonds. The van der Waals surface area contributed by atoms with Gasteiger partial charge in [0.05, 0.1) is 11.6 Å². The van der Waals surface area contributed by atoms with Gasteiger partial charge in [-0.2, -0.15) is 0 Å². The van der Waals surface area contributed by atoms with Crippen LogP contribution in [-0.2, 0) is 16.1 Å². The van der Waals surface area contributed by atoms with Crippen molar-refractivity contribution in [3.63, 3.8) is 0 Å². The second kappa shape index (κ2) is 7.18. The second-order valence-corrected chi connectivity index (χ2v) is 6.98. The molecular weight excluding hydrogens is 368 g/mol. The Hall–Kier alpha value is -2.14. The van der Waals surface area contributed by atoms with E-state index >= 15 is 0 Å². The molecule has 2 aromatic rings. The number of benzene rings is 2. The van der Waals surface area contributed by atoms with Gasteiger partial charge in [0.25, 0.3) is 0 Å². The summed E-state index contributed by atoms with van der Waals surface area (Å²) in [6, 6.07) is 15.6. The predicted molar refractivity (Wildman–Crippen MR) is 97.5 cm³/mol. The van der Waals surface area contributed by atoms with Gasteiger partial charge in [0.2, 0.25) is 11.8 Å². The summed E-state index contributed by atoms with van der Waals surface area (Å²) in [7, 11) is 0. The summed E-state index contributed by atoms with van der Waals surface area (Å²) < 4.78 is 0.833. The van der Waals surface area contributed by atoms with Gasteiger partial charge < -0.3 is 10.2 Å². The molecule has 5 heteroatoms. The SMILES string of the molecule is Cc1ccc(CN2C[C@H](C(=O)Nc3ccccc3Br)CC2=O)cc1. The maximum absolute atomic E-state index is 12.4. The Morgan fingerprint density at radius 1 is 1.21 bits per heavy atom. The zero-order valence-corrected chi connectivity index (χ0v) is 15.0. The highest BCUT2D eigenvalue weighted by Crippen LogP contribution is 2.25. The van der Waals surface area contributed by atoms with Crippen LogP contribution in [0.2, 0.25) is 0 Å². The number of nitrogens with one attached hydrogen (secondary N) is 1. The van der Waals surface area contributed by atoms with Gasteiger partial charge in [-0.25, -0.2) is 0 Å². The van der Waals surface area contributed by atoms with Crippen molar-refractivity contribution in [3.8, 4) is 0 Å². The van der Waals surface area contributed by atoms with E-state index in [-0.39, 0.29) is 24.2 Å². The van der Waals surface area contributed by atoms with Gasteiger partial charge in [-0.1, -0.05) is 42.0 Å². The minimum atomic E-state index is -0.310. The van der Waals surface area contributed by atoms with Gasteiger partial charge in [0.1, 0.15) is 0 Å². The molecule has 0 aromatic heterocycles. The van der Waals surface area contributed by atoms with E-state index in [4.69, 9.17) is 0 Å². The van der Waals surface area contributed by atoms with E-state index in [0.29, 0.717) is 13.1 Å². The van der Waals surface area contributed by atoms with Crippen LogP contribution in [0.3, 0.4) is 0 Å². The fourth-order valence-electron chi connectivity index (χ4n) is 2.81. The van der Waals surface area contributed by atoms with Crippen molar-refractivity contribution in [2.75, 3.05) is 11.9 Å². The van der Waals surface area contributed by atoms with E-state index in [9.17, 15) is 9.59 Å². The normalized spacial score (nSPS) is 17.2. The summed E-state index contributed by atoms with van der Waals surface area (Å²) >= 11 is 3.42. The van der Waals surface area contributed by atoms with Gasteiger partial charge >= 0.3 is 0 Å². The maximum Gasteiger partial charge on any atom is 0.229 e. The van der Waals surface area contributed by atoms with Crippen molar-refractivity contribution in [2.45, 2.75) is 19.9 Å². The summed E-state index contributed by atoms with van der Waals surface area (Å²) in [4.78, 5) is 26.4. The number of likely N-dealkylation sites (tertiary alicyclic amines) is 1. The molecule has 24 heavy (non-hydrogen) atoms. The first-order valence-corrected chi connectivity index (χ1v) is 8.71. The van der Waals surface area contributed by atoms with E-state index in [0.717, 1.165) is 15.7 Å². The number of aryl methyl sites for hydroxylation is 1. The number of nitrogens with zero attached hydrogens (tertiary/aromatic N) is 1. The first-order valence-electron chi connectivity index (χ1n) is 7.91. The second-order valence-electron chi connectivity index (χ2n) is 6.13. The van der Waals surface area contributed by atoms with Crippen LogP contribution in [0.5, 0.6) is 0 Å². The summed E-state index contributed by atoms with van der Waals surface area (Å²) in [5, 5.41) is 2.90. The average Bonchev–Trinajstić information content (AvgIpc) is 2.93. The number of para-hydroxylation sites is 1. The minimum Gasteiger partial charge on any atom is -0.338 e. The predicted octanol–water partition coefficient (Wildman–Crippen LogP) is 3.74. The maximum atomic E-state index is 12.4. The van der Waals surface area contributed by atoms with E-state index in [1.165, 1.54) is 5.56 Å². The number of amides is 2. The molecule has 0 radical (unpaired) electrons. The molecule has 3 rings (SSSR count). The van der Waals surface area contributed by atoms with Crippen molar-refractivity contribution in [2.24, 2.45) is 5.92 Å². The van der Waals surface area contributed by atoms with Crippen LogP contribution in [0.15, 0.2) is 53.0 Å². The summed E-state index contributed by atoms with van der Waals surface area (Å²) in [5.74, 6) is -0.389. The first-order chi connectivity index (χ1) is 11.5. The third-order valence-corrected chi connectivity index (χ3v) is 4.90. The Balaban J connectivity index is 1.62. The molecule has 2 aromatic carbocycles. The van der Waals surface area contributed by atoms with Crippen LogP contribution in [0, 0.1) is 12.8 Å². The van der Waals surface area contributed by atoms with Crippen molar-refractivity contribution in [1.82, 2.24) is 4.90 Å². The summed E-state index contributed by atoms with van der Waals surface area (Å²) in [6.07, 6.45) is 0.266. The van der Waals surface area contributed by atoms with Crippen molar-refractivity contribution in [3.05, 3.63) is 64.1 Å². The Labute approximate surface area is 150 Å². The molecule has 0 unspecified atom stereocenters. The standard InChI is InChI=1S/C19H19BrN2O2/c1-13-6-8-14(9-7-13)11-22-12-15(10-18(22)23)19(24)21-17-5-3-2-4-16(17)20/h2-9,15H,10-12H2,1H3,(H,21,24)/t15-/m1/s1. The van der Waals surface area contributed by atoms with Gasteiger partial charge in [-0.15, -0.1) is 0 Å². The van der Waals surface area contributed by atoms with Gasteiger partial charge in [0, 0.05) is 24.0 Å². The first kappa shape index (κ1) is 16.7. The number of hydrogen-bond acceptors (Lipinski definition) is 2. The van der Waals surface area contributed by atoms with Crippen LogP contribution in [0.4, 0.5) is 5.69 Å². The molecule has 1 aliphatic rings. The van der Waals surface area contributed by atoms with Crippen molar-refractivity contribution < 1.29 is 9.59 Å². The lowest BCUT2D eigenvalue weighted by Gasteiger charge is -2.17. The average molecular weight is 387 g/mol. The molecule has 0 aliphatic carbocycles. The number of anilines is 1. The molecule has 0 spiro atoms. The third kappa shape index (κ3) is 3.85. The zero-order valence-electron chi connectivity index (χ0n) is 13.5. The highest BCUT2D eigenvalue weighted by atomic mass is 79.9. The van der Waals surface area contributed by atoms with E-state index in [1.54, 1.807) is 4.90 Å². The molecule has 1 atom stereocenters. The van der Waals surface area contributed by atoms with Gasteiger partial charge in [-0.05, 0) is 40.5 Å². The van der Waals surface area contributed by atoms with Gasteiger partial charge in [-0.3, -0.25) is 9.59 Å². The molecule has 0 saturated carbocycles. The quantitative estimate of drug-likeness (QED) is 0.869. The molecule has 1 saturated heterocycles. The number of rotatable bonds is 4. The van der Waals surface area contributed by atoms with Crippen LogP contribution < -0.4 is 5.32 Å². The summed E-state index contributed by atoms with van der Waals surface area (Å²) in [5.41, 5.74) is 3.00. The Morgan fingerprint density at radius 2 is 1.92 bits per heavy atom. The van der Waals surface area contributed by atoms with Crippen LogP contribution in [0.1, 0.15) is 17.5 Å². The fourth-order valence-corrected chi connectivity index (χ4v) is 3.20. The Bertz CT molecular complexity index is 758. The largest absolute Gasteiger partial charge is 0.338 e. The third-order valence-electron chi connectivity index (χ3n) is 4.21. The number of carbonyl (C=O) groups excluding carboxylic acids is 2. The number of halogens is 1.